The highest BCUT2D eigenvalue weighted by Gasteiger charge is 2.06. The van der Waals surface area contributed by atoms with E-state index in [1.807, 2.05) is 0 Å². The summed E-state index contributed by atoms with van der Waals surface area (Å²) in [5, 5.41) is 0. The van der Waals surface area contributed by atoms with Crippen LogP contribution in [0.3, 0.4) is 0 Å². The standard InChI is InChI=1S/C27H52/c1-5-9-11-12-13-14-15-19-23-27(8-4)25-21-17-16-20-24-26(7-3)22-18-10-6-2/h24,27H,1-2,5-23,25H2,3-4H3. The Labute approximate surface area is 174 Å². The number of hydrogen-bond donors (Lipinski definition) is 0. The lowest BCUT2D eigenvalue weighted by molar-refractivity contribution is 0.394. The van der Waals surface area contributed by atoms with Crippen molar-refractivity contribution < 1.29 is 0 Å². The van der Waals surface area contributed by atoms with Crippen molar-refractivity contribution in [1.82, 2.24) is 0 Å². The molecule has 0 aliphatic rings. The van der Waals surface area contributed by atoms with E-state index in [4.69, 9.17) is 0 Å². The van der Waals surface area contributed by atoms with Crippen LogP contribution < -0.4 is 0 Å². The Morgan fingerprint density at radius 3 is 1.74 bits per heavy atom. The molecule has 1 atom stereocenters. The first kappa shape index (κ1) is 26.7. The molecule has 0 saturated heterocycles. The Hall–Kier alpha value is -0.260. The van der Waals surface area contributed by atoms with Crippen molar-refractivity contribution in [3.63, 3.8) is 0 Å². The molecule has 0 nitrogen and oxygen atoms in total. The third-order valence-corrected chi connectivity index (χ3v) is 6.14. The molecule has 2 radical (unpaired) electrons. The average molecular weight is 377 g/mol. The van der Waals surface area contributed by atoms with Crippen molar-refractivity contribution in [3.05, 3.63) is 25.5 Å². The normalized spacial score (nSPS) is 13.3. The van der Waals surface area contributed by atoms with Gasteiger partial charge in [0.05, 0.1) is 0 Å². The summed E-state index contributed by atoms with van der Waals surface area (Å²) in [6.07, 6.45) is 29.8. The van der Waals surface area contributed by atoms with E-state index in [0.717, 1.165) is 18.8 Å². The minimum atomic E-state index is 0.987. The Kier molecular flexibility index (Phi) is 21.8. The maximum Gasteiger partial charge on any atom is -0.0320 e. The molecule has 0 heteroatoms. The zero-order chi connectivity index (χ0) is 20.0. The van der Waals surface area contributed by atoms with E-state index < -0.39 is 0 Å². The molecule has 0 aliphatic carbocycles. The molecule has 0 aliphatic heterocycles. The summed E-state index contributed by atoms with van der Waals surface area (Å²) in [6.45, 7) is 12.6. The van der Waals surface area contributed by atoms with Crippen molar-refractivity contribution in [3.8, 4) is 0 Å². The lowest BCUT2D eigenvalue weighted by Gasteiger charge is -2.14. The average Bonchev–Trinajstić information content (AvgIpc) is 2.69. The Morgan fingerprint density at radius 2 is 1.19 bits per heavy atom. The van der Waals surface area contributed by atoms with Gasteiger partial charge in [0.2, 0.25) is 0 Å². The van der Waals surface area contributed by atoms with E-state index in [2.05, 4.69) is 33.8 Å². The van der Waals surface area contributed by atoms with Crippen molar-refractivity contribution >= 4 is 0 Å². The van der Waals surface area contributed by atoms with Crippen LogP contribution >= 0.6 is 0 Å². The molecule has 0 rings (SSSR count). The van der Waals surface area contributed by atoms with Gasteiger partial charge in [-0.05, 0) is 38.0 Å². The first-order valence-electron chi connectivity index (χ1n) is 12.5. The van der Waals surface area contributed by atoms with Crippen LogP contribution in [0.4, 0.5) is 0 Å². The monoisotopic (exact) mass is 376 g/mol. The highest BCUT2D eigenvalue weighted by molar-refractivity contribution is 5.00. The van der Waals surface area contributed by atoms with Gasteiger partial charge in [-0.3, -0.25) is 0 Å². The predicted molar refractivity (Wildman–Crippen MR) is 126 cm³/mol. The fraction of sp³-hybridized carbons (Fsp3) is 0.852. The number of hydrogen-bond acceptors (Lipinski definition) is 0. The van der Waals surface area contributed by atoms with E-state index in [9.17, 15) is 0 Å². The van der Waals surface area contributed by atoms with Gasteiger partial charge in [-0.15, -0.1) is 0 Å². The van der Waals surface area contributed by atoms with E-state index in [0.29, 0.717) is 0 Å². The minimum absolute atomic E-state index is 0.987. The van der Waals surface area contributed by atoms with Crippen molar-refractivity contribution in [1.29, 1.82) is 0 Å². The fourth-order valence-corrected chi connectivity index (χ4v) is 4.06. The van der Waals surface area contributed by atoms with Gasteiger partial charge < -0.3 is 0 Å². The lowest BCUT2D eigenvalue weighted by Crippen LogP contribution is -1.99. The van der Waals surface area contributed by atoms with Gasteiger partial charge in [0, 0.05) is 0 Å². The molecule has 0 bridgehead atoms. The molecule has 27 heavy (non-hydrogen) atoms. The molecule has 0 aromatic heterocycles. The molecule has 0 N–H and O–H groups in total. The van der Waals surface area contributed by atoms with Gasteiger partial charge >= 0.3 is 0 Å². The van der Waals surface area contributed by atoms with E-state index >= 15 is 0 Å². The third-order valence-electron chi connectivity index (χ3n) is 6.14. The van der Waals surface area contributed by atoms with Gasteiger partial charge in [0.25, 0.3) is 0 Å². The van der Waals surface area contributed by atoms with E-state index in [1.54, 1.807) is 5.57 Å². The molecule has 0 aromatic carbocycles. The van der Waals surface area contributed by atoms with Crippen LogP contribution in [0.1, 0.15) is 142 Å². The van der Waals surface area contributed by atoms with Gasteiger partial charge in [-0.1, -0.05) is 136 Å². The highest BCUT2D eigenvalue weighted by Crippen LogP contribution is 2.22. The first-order valence-corrected chi connectivity index (χ1v) is 12.5. The largest absolute Gasteiger partial charge is 0.0853 e. The summed E-state index contributed by atoms with van der Waals surface area (Å²) in [4.78, 5) is 0. The zero-order valence-electron chi connectivity index (χ0n) is 19.2. The molecule has 1 unspecified atom stereocenters. The van der Waals surface area contributed by atoms with Gasteiger partial charge in [0.1, 0.15) is 0 Å². The Morgan fingerprint density at radius 1 is 0.667 bits per heavy atom. The van der Waals surface area contributed by atoms with Crippen LogP contribution in [-0.2, 0) is 0 Å². The van der Waals surface area contributed by atoms with E-state index in [1.165, 1.54) is 116 Å². The zero-order valence-corrected chi connectivity index (χ0v) is 19.2. The SMILES string of the molecule is [CH2]CCCCCCCCCC(CC)CCCCCC=C(CC)CCCC[CH2]. The van der Waals surface area contributed by atoms with Crippen LogP contribution in [-0.4, -0.2) is 0 Å². The topological polar surface area (TPSA) is 0 Å². The van der Waals surface area contributed by atoms with Crippen LogP contribution in [0.2, 0.25) is 0 Å². The molecule has 0 spiro atoms. The van der Waals surface area contributed by atoms with Crippen LogP contribution in [0.25, 0.3) is 0 Å². The molecular formula is C27H52. The second kappa shape index (κ2) is 22.0. The molecule has 0 amide bonds. The molecule has 0 heterocycles. The Bertz CT molecular complexity index is 301. The van der Waals surface area contributed by atoms with Crippen molar-refractivity contribution in [2.75, 3.05) is 0 Å². The summed E-state index contributed by atoms with van der Waals surface area (Å²) < 4.78 is 0. The van der Waals surface area contributed by atoms with Crippen LogP contribution in [0.5, 0.6) is 0 Å². The number of unbranched alkanes of at least 4 members (excludes halogenated alkanes) is 12. The second-order valence-electron chi connectivity index (χ2n) is 8.56. The molecular weight excluding hydrogens is 324 g/mol. The van der Waals surface area contributed by atoms with Crippen LogP contribution in [0.15, 0.2) is 11.6 Å². The smallest absolute Gasteiger partial charge is 0.0320 e. The second-order valence-corrected chi connectivity index (χ2v) is 8.56. The quantitative estimate of drug-likeness (QED) is 0.138. The molecule has 0 fully saturated rings. The summed E-state index contributed by atoms with van der Waals surface area (Å²) in [7, 11) is 0. The third kappa shape index (κ3) is 18.9. The summed E-state index contributed by atoms with van der Waals surface area (Å²) in [6, 6.07) is 0. The van der Waals surface area contributed by atoms with Gasteiger partial charge in [0.15, 0.2) is 0 Å². The van der Waals surface area contributed by atoms with Crippen molar-refractivity contribution in [2.45, 2.75) is 142 Å². The Balaban J connectivity index is 3.58. The lowest BCUT2D eigenvalue weighted by atomic mass is 9.92. The summed E-state index contributed by atoms with van der Waals surface area (Å²) in [5.41, 5.74) is 1.68. The maximum absolute atomic E-state index is 3.95. The molecule has 160 valence electrons. The van der Waals surface area contributed by atoms with Crippen LogP contribution in [0, 0.1) is 19.8 Å². The summed E-state index contributed by atoms with van der Waals surface area (Å²) in [5.74, 6) is 0.987. The first-order chi connectivity index (χ1) is 13.3. The molecule has 0 aromatic rings. The minimum Gasteiger partial charge on any atom is -0.0853 e. The van der Waals surface area contributed by atoms with Gasteiger partial charge in [-0.2, -0.15) is 0 Å². The van der Waals surface area contributed by atoms with E-state index in [-0.39, 0.29) is 0 Å². The fourth-order valence-electron chi connectivity index (χ4n) is 4.06. The number of allylic oxidation sites excluding steroid dienone is 2. The highest BCUT2D eigenvalue weighted by atomic mass is 14.1. The predicted octanol–water partition coefficient (Wildman–Crippen LogP) is 10.0. The maximum atomic E-state index is 3.95. The number of rotatable bonds is 21. The molecule has 0 saturated carbocycles. The summed E-state index contributed by atoms with van der Waals surface area (Å²) >= 11 is 0. The van der Waals surface area contributed by atoms with Gasteiger partial charge in [-0.25, -0.2) is 0 Å². The van der Waals surface area contributed by atoms with Crippen molar-refractivity contribution in [2.24, 2.45) is 5.92 Å².